The van der Waals surface area contributed by atoms with Crippen LogP contribution in [0.15, 0.2) is 40.9 Å². The van der Waals surface area contributed by atoms with Crippen LogP contribution >= 0.6 is 15.9 Å². The third-order valence-electron chi connectivity index (χ3n) is 3.84. The van der Waals surface area contributed by atoms with Gasteiger partial charge in [0, 0.05) is 25.1 Å². The van der Waals surface area contributed by atoms with Gasteiger partial charge in [0.15, 0.2) is 11.5 Å². The van der Waals surface area contributed by atoms with Crippen molar-refractivity contribution in [3.05, 3.63) is 52.3 Å². The number of rotatable bonds is 5. The third kappa shape index (κ3) is 4.06. The number of para-hydroxylation sites is 1. The predicted octanol–water partition coefficient (Wildman–Crippen LogP) is 3.92. The van der Waals surface area contributed by atoms with E-state index in [4.69, 9.17) is 14.2 Å². The van der Waals surface area contributed by atoms with Crippen molar-refractivity contribution in [1.82, 2.24) is 5.32 Å². The minimum absolute atomic E-state index is 0.0878. The smallest absolute Gasteiger partial charge is 0.172 e. The quantitative estimate of drug-likeness (QED) is 0.832. The Kier molecular flexibility index (Phi) is 5.71. The Morgan fingerprint density at radius 2 is 2.17 bits per heavy atom. The van der Waals surface area contributed by atoms with Crippen LogP contribution in [0, 0.1) is 5.82 Å². The van der Waals surface area contributed by atoms with Gasteiger partial charge in [-0.05, 0) is 40.2 Å². The minimum atomic E-state index is -0.323. The van der Waals surface area contributed by atoms with Crippen molar-refractivity contribution in [1.29, 1.82) is 0 Å². The van der Waals surface area contributed by atoms with Crippen LogP contribution in [0.4, 0.5) is 4.39 Å². The summed E-state index contributed by atoms with van der Waals surface area (Å²) in [5.41, 5.74) is 0.985. The molecule has 4 nitrogen and oxygen atoms in total. The van der Waals surface area contributed by atoms with Crippen LogP contribution in [-0.2, 0) is 11.2 Å². The van der Waals surface area contributed by atoms with Gasteiger partial charge in [-0.25, -0.2) is 4.39 Å². The molecule has 0 aromatic heterocycles. The SMILES string of the molecule is COc1cccc(C[C@H]2CNCCO2)c1Oc1ccc(F)cc1Br. The molecule has 2 aromatic rings. The fraction of sp³-hybridized carbons (Fsp3) is 0.333. The lowest BCUT2D eigenvalue weighted by atomic mass is 10.1. The van der Waals surface area contributed by atoms with E-state index in [1.165, 1.54) is 12.1 Å². The Morgan fingerprint density at radius 1 is 1.29 bits per heavy atom. The van der Waals surface area contributed by atoms with Gasteiger partial charge in [-0.2, -0.15) is 0 Å². The fourth-order valence-corrected chi connectivity index (χ4v) is 3.09. The normalized spacial score (nSPS) is 17.5. The summed E-state index contributed by atoms with van der Waals surface area (Å²) < 4.78 is 31.1. The van der Waals surface area contributed by atoms with E-state index in [2.05, 4.69) is 21.2 Å². The molecule has 2 aromatic carbocycles. The summed E-state index contributed by atoms with van der Waals surface area (Å²) in [6.45, 7) is 2.38. The topological polar surface area (TPSA) is 39.7 Å². The van der Waals surface area contributed by atoms with Gasteiger partial charge in [0.2, 0.25) is 0 Å². The Hall–Kier alpha value is -1.63. The largest absolute Gasteiger partial charge is 0.493 e. The van der Waals surface area contributed by atoms with E-state index >= 15 is 0 Å². The molecule has 6 heteroatoms. The summed E-state index contributed by atoms with van der Waals surface area (Å²) >= 11 is 3.33. The van der Waals surface area contributed by atoms with Crippen molar-refractivity contribution < 1.29 is 18.6 Å². The van der Waals surface area contributed by atoms with Gasteiger partial charge in [0.05, 0.1) is 24.3 Å². The number of hydrogen-bond acceptors (Lipinski definition) is 4. The molecule has 24 heavy (non-hydrogen) atoms. The molecule has 1 heterocycles. The van der Waals surface area contributed by atoms with Gasteiger partial charge in [0.1, 0.15) is 11.6 Å². The first-order valence-electron chi connectivity index (χ1n) is 7.78. The van der Waals surface area contributed by atoms with Crippen LogP contribution in [0.3, 0.4) is 0 Å². The Morgan fingerprint density at radius 3 is 2.88 bits per heavy atom. The molecule has 1 fully saturated rings. The van der Waals surface area contributed by atoms with Gasteiger partial charge in [-0.3, -0.25) is 0 Å². The molecule has 0 radical (unpaired) electrons. The van der Waals surface area contributed by atoms with Crippen molar-refractivity contribution in [2.24, 2.45) is 0 Å². The molecular weight excluding hydrogens is 377 g/mol. The van der Waals surface area contributed by atoms with Gasteiger partial charge in [-0.15, -0.1) is 0 Å². The van der Waals surface area contributed by atoms with Crippen LogP contribution in [0.2, 0.25) is 0 Å². The molecule has 1 aliphatic heterocycles. The van der Waals surface area contributed by atoms with E-state index < -0.39 is 0 Å². The van der Waals surface area contributed by atoms with Crippen LogP contribution in [0.25, 0.3) is 0 Å². The van der Waals surface area contributed by atoms with Gasteiger partial charge in [0.25, 0.3) is 0 Å². The first kappa shape index (κ1) is 17.2. The summed E-state index contributed by atoms with van der Waals surface area (Å²) in [5.74, 6) is 1.47. The second-order valence-corrected chi connectivity index (χ2v) is 6.38. The molecular formula is C18H19BrFNO3. The lowest BCUT2D eigenvalue weighted by molar-refractivity contribution is 0.0289. The van der Waals surface area contributed by atoms with Crippen molar-refractivity contribution in [2.75, 3.05) is 26.8 Å². The second kappa shape index (κ2) is 7.96. The summed E-state index contributed by atoms with van der Waals surface area (Å²) in [5, 5.41) is 3.32. The second-order valence-electron chi connectivity index (χ2n) is 5.53. The third-order valence-corrected chi connectivity index (χ3v) is 4.46. The molecule has 0 bridgehead atoms. The molecule has 0 saturated carbocycles. The highest BCUT2D eigenvalue weighted by Gasteiger charge is 2.19. The Balaban J connectivity index is 1.89. The minimum Gasteiger partial charge on any atom is -0.493 e. The number of hydrogen-bond donors (Lipinski definition) is 1. The Bertz CT molecular complexity index is 705. The molecule has 3 rings (SSSR count). The number of halogens is 2. The summed E-state index contributed by atoms with van der Waals surface area (Å²) in [6, 6.07) is 10.1. The molecule has 1 atom stereocenters. The monoisotopic (exact) mass is 395 g/mol. The van der Waals surface area contributed by atoms with E-state index in [9.17, 15) is 4.39 Å². The van der Waals surface area contributed by atoms with Gasteiger partial charge < -0.3 is 19.5 Å². The van der Waals surface area contributed by atoms with Crippen LogP contribution in [0.5, 0.6) is 17.2 Å². The summed E-state index contributed by atoms with van der Waals surface area (Å²) in [4.78, 5) is 0. The number of nitrogens with one attached hydrogen (secondary N) is 1. The van der Waals surface area contributed by atoms with Crippen molar-refractivity contribution in [2.45, 2.75) is 12.5 Å². The zero-order valence-corrected chi connectivity index (χ0v) is 14.9. The molecule has 0 aliphatic carbocycles. The number of benzene rings is 2. The lowest BCUT2D eigenvalue weighted by Gasteiger charge is -2.25. The molecule has 1 saturated heterocycles. The number of methoxy groups -OCH3 is 1. The first-order chi connectivity index (χ1) is 11.7. The molecule has 0 amide bonds. The molecule has 0 spiro atoms. The molecule has 1 N–H and O–H groups in total. The van der Waals surface area contributed by atoms with Crippen LogP contribution < -0.4 is 14.8 Å². The zero-order chi connectivity index (χ0) is 16.9. The molecule has 128 valence electrons. The highest BCUT2D eigenvalue weighted by Crippen LogP contribution is 2.38. The average molecular weight is 396 g/mol. The van der Waals surface area contributed by atoms with Crippen LogP contribution in [-0.4, -0.2) is 32.9 Å². The highest BCUT2D eigenvalue weighted by molar-refractivity contribution is 9.10. The van der Waals surface area contributed by atoms with Gasteiger partial charge >= 0.3 is 0 Å². The van der Waals surface area contributed by atoms with Crippen molar-refractivity contribution in [3.8, 4) is 17.2 Å². The molecule has 1 aliphatic rings. The van der Waals surface area contributed by atoms with E-state index in [0.717, 1.165) is 18.7 Å². The van der Waals surface area contributed by atoms with Gasteiger partial charge in [-0.1, -0.05) is 12.1 Å². The van der Waals surface area contributed by atoms with Crippen LogP contribution in [0.1, 0.15) is 5.56 Å². The van der Waals surface area contributed by atoms with E-state index in [0.29, 0.717) is 34.7 Å². The highest BCUT2D eigenvalue weighted by atomic mass is 79.9. The zero-order valence-electron chi connectivity index (χ0n) is 13.4. The van der Waals surface area contributed by atoms with E-state index in [1.807, 2.05) is 18.2 Å². The van der Waals surface area contributed by atoms with E-state index in [1.54, 1.807) is 13.2 Å². The Labute approximate surface area is 149 Å². The molecule has 0 unspecified atom stereocenters. The predicted molar refractivity (Wildman–Crippen MR) is 93.5 cm³/mol. The van der Waals surface area contributed by atoms with E-state index in [-0.39, 0.29) is 11.9 Å². The summed E-state index contributed by atoms with van der Waals surface area (Å²) in [7, 11) is 1.60. The van der Waals surface area contributed by atoms with Crippen molar-refractivity contribution in [3.63, 3.8) is 0 Å². The average Bonchev–Trinajstić information content (AvgIpc) is 2.59. The lowest BCUT2D eigenvalue weighted by Crippen LogP contribution is -2.39. The summed E-state index contributed by atoms with van der Waals surface area (Å²) in [6.07, 6.45) is 0.795. The fourth-order valence-electron chi connectivity index (χ4n) is 2.66. The first-order valence-corrected chi connectivity index (χ1v) is 8.58. The maximum atomic E-state index is 13.3. The standard InChI is InChI=1S/C18H19BrFNO3/c1-22-17-4-2-3-12(9-14-11-21-7-8-23-14)18(17)24-16-6-5-13(20)10-15(16)19/h2-6,10,14,21H,7-9,11H2,1H3/t14-/m0/s1. The number of morpholine rings is 1. The number of ether oxygens (including phenoxy) is 3. The maximum absolute atomic E-state index is 13.3. The van der Waals surface area contributed by atoms with Crippen molar-refractivity contribution >= 4 is 15.9 Å². The maximum Gasteiger partial charge on any atom is 0.172 e.